The molecule has 12 heavy (non-hydrogen) atoms. The van der Waals surface area contributed by atoms with Gasteiger partial charge in [-0.1, -0.05) is 0 Å². The number of ether oxygens (including phenoxy) is 1. The van der Waals surface area contributed by atoms with Crippen molar-refractivity contribution in [3.05, 3.63) is 16.6 Å². The van der Waals surface area contributed by atoms with Crippen LogP contribution in [0.3, 0.4) is 0 Å². The number of thiazole rings is 1. The molecule has 1 rings (SSSR count). The average molecular weight is 187 g/mol. The molecule has 0 amide bonds. The molecule has 0 bridgehead atoms. The SMILES string of the molecule is CCOC(C(=O)O)c1nccs1. The Morgan fingerprint density at radius 3 is 3.08 bits per heavy atom. The molecule has 0 saturated heterocycles. The van der Waals surface area contributed by atoms with Crippen molar-refractivity contribution in [3.63, 3.8) is 0 Å². The fraction of sp³-hybridized carbons (Fsp3) is 0.429. The smallest absolute Gasteiger partial charge is 0.340 e. The monoisotopic (exact) mass is 187 g/mol. The lowest BCUT2D eigenvalue weighted by Gasteiger charge is -2.07. The van der Waals surface area contributed by atoms with E-state index in [1.807, 2.05) is 0 Å². The number of aromatic nitrogens is 1. The van der Waals surface area contributed by atoms with Gasteiger partial charge in [0.2, 0.25) is 6.10 Å². The van der Waals surface area contributed by atoms with Crippen LogP contribution in [0.1, 0.15) is 18.0 Å². The molecule has 1 aromatic rings. The second kappa shape index (κ2) is 4.18. The van der Waals surface area contributed by atoms with E-state index in [2.05, 4.69) is 4.98 Å². The van der Waals surface area contributed by atoms with Gasteiger partial charge < -0.3 is 9.84 Å². The third-order valence-corrected chi connectivity index (χ3v) is 2.05. The van der Waals surface area contributed by atoms with Crippen LogP contribution in [0.2, 0.25) is 0 Å². The molecule has 1 unspecified atom stereocenters. The molecular formula is C7H9NO3S. The van der Waals surface area contributed by atoms with Crippen molar-refractivity contribution in [3.8, 4) is 0 Å². The molecule has 66 valence electrons. The summed E-state index contributed by atoms with van der Waals surface area (Å²) < 4.78 is 5.00. The zero-order valence-electron chi connectivity index (χ0n) is 6.56. The van der Waals surface area contributed by atoms with Gasteiger partial charge in [-0.15, -0.1) is 11.3 Å². The summed E-state index contributed by atoms with van der Waals surface area (Å²) in [6.45, 7) is 2.13. The first-order valence-corrected chi connectivity index (χ1v) is 4.37. The Hall–Kier alpha value is -0.940. The lowest BCUT2D eigenvalue weighted by Crippen LogP contribution is -2.14. The summed E-state index contributed by atoms with van der Waals surface area (Å²) in [6, 6.07) is 0. The minimum atomic E-state index is -0.994. The predicted molar refractivity (Wildman–Crippen MR) is 44.1 cm³/mol. The number of carboxylic acids is 1. The molecular weight excluding hydrogens is 178 g/mol. The van der Waals surface area contributed by atoms with Crippen LogP contribution >= 0.6 is 11.3 Å². The number of nitrogens with zero attached hydrogens (tertiary/aromatic N) is 1. The second-order valence-electron chi connectivity index (χ2n) is 2.04. The zero-order chi connectivity index (χ0) is 8.97. The Balaban J connectivity index is 2.73. The fourth-order valence-electron chi connectivity index (χ4n) is 0.779. The minimum absolute atomic E-state index is 0.372. The Labute approximate surface area is 73.8 Å². The van der Waals surface area contributed by atoms with Gasteiger partial charge in [-0.3, -0.25) is 0 Å². The average Bonchev–Trinajstić information content (AvgIpc) is 2.51. The Morgan fingerprint density at radius 1 is 1.92 bits per heavy atom. The fourth-order valence-corrected chi connectivity index (χ4v) is 1.45. The van der Waals surface area contributed by atoms with Gasteiger partial charge >= 0.3 is 5.97 Å². The highest BCUT2D eigenvalue weighted by Crippen LogP contribution is 2.19. The van der Waals surface area contributed by atoms with Gasteiger partial charge in [0, 0.05) is 18.2 Å². The van der Waals surface area contributed by atoms with Crippen LogP contribution in [0.15, 0.2) is 11.6 Å². The second-order valence-corrected chi connectivity index (χ2v) is 2.97. The van der Waals surface area contributed by atoms with E-state index < -0.39 is 12.1 Å². The Bertz CT molecular complexity index is 247. The third kappa shape index (κ3) is 2.02. The molecule has 0 saturated carbocycles. The predicted octanol–water partition coefficient (Wildman–Crippen LogP) is 1.31. The number of rotatable bonds is 4. The van der Waals surface area contributed by atoms with E-state index in [4.69, 9.17) is 9.84 Å². The lowest BCUT2D eigenvalue weighted by atomic mass is 10.4. The highest BCUT2D eigenvalue weighted by atomic mass is 32.1. The highest BCUT2D eigenvalue weighted by molar-refractivity contribution is 7.09. The standard InChI is InChI=1S/C7H9NO3S/c1-2-11-5(7(9)10)6-8-3-4-12-6/h3-5H,2H2,1H3,(H,9,10). The third-order valence-electron chi connectivity index (χ3n) is 1.23. The van der Waals surface area contributed by atoms with Crippen molar-refractivity contribution in [2.24, 2.45) is 0 Å². The van der Waals surface area contributed by atoms with Crippen molar-refractivity contribution in [2.75, 3.05) is 6.61 Å². The van der Waals surface area contributed by atoms with E-state index in [0.717, 1.165) is 0 Å². The van der Waals surface area contributed by atoms with Gasteiger partial charge in [-0.2, -0.15) is 0 Å². The Kier molecular flexibility index (Phi) is 3.19. The largest absolute Gasteiger partial charge is 0.479 e. The number of aliphatic carboxylic acids is 1. The summed E-state index contributed by atoms with van der Waals surface area (Å²) >= 11 is 1.28. The summed E-state index contributed by atoms with van der Waals surface area (Å²) in [6.07, 6.45) is 0.657. The first-order chi connectivity index (χ1) is 5.75. The molecule has 0 aliphatic rings. The van der Waals surface area contributed by atoms with Gasteiger partial charge in [0.1, 0.15) is 5.01 Å². The van der Waals surface area contributed by atoms with Crippen LogP contribution in [-0.2, 0) is 9.53 Å². The molecule has 0 aromatic carbocycles. The zero-order valence-corrected chi connectivity index (χ0v) is 7.37. The molecule has 1 atom stereocenters. The van der Waals surface area contributed by atoms with Gasteiger partial charge in [-0.25, -0.2) is 9.78 Å². The van der Waals surface area contributed by atoms with Crippen molar-refractivity contribution >= 4 is 17.3 Å². The summed E-state index contributed by atoms with van der Waals surface area (Å²) in [5.41, 5.74) is 0. The molecule has 4 nitrogen and oxygen atoms in total. The van der Waals surface area contributed by atoms with Crippen LogP contribution in [0.4, 0.5) is 0 Å². The number of hydrogen-bond acceptors (Lipinski definition) is 4. The van der Waals surface area contributed by atoms with E-state index in [9.17, 15) is 4.79 Å². The quantitative estimate of drug-likeness (QED) is 0.772. The maximum absolute atomic E-state index is 10.6. The van der Waals surface area contributed by atoms with E-state index in [-0.39, 0.29) is 0 Å². The van der Waals surface area contributed by atoms with Gasteiger partial charge in [0.15, 0.2) is 0 Å². The molecule has 0 aliphatic heterocycles. The van der Waals surface area contributed by atoms with E-state index >= 15 is 0 Å². The highest BCUT2D eigenvalue weighted by Gasteiger charge is 2.21. The number of hydrogen-bond donors (Lipinski definition) is 1. The minimum Gasteiger partial charge on any atom is -0.479 e. The lowest BCUT2D eigenvalue weighted by molar-refractivity contribution is -0.150. The van der Waals surface area contributed by atoms with Crippen molar-refractivity contribution in [1.82, 2.24) is 4.98 Å². The van der Waals surface area contributed by atoms with Crippen LogP contribution < -0.4 is 0 Å². The topological polar surface area (TPSA) is 59.4 Å². The molecule has 1 N–H and O–H groups in total. The summed E-state index contributed by atoms with van der Waals surface area (Å²) in [4.78, 5) is 14.5. The molecule has 0 fully saturated rings. The summed E-state index contributed by atoms with van der Waals surface area (Å²) in [7, 11) is 0. The summed E-state index contributed by atoms with van der Waals surface area (Å²) in [5, 5.41) is 10.9. The van der Waals surface area contributed by atoms with Crippen molar-refractivity contribution in [2.45, 2.75) is 13.0 Å². The Morgan fingerprint density at radius 2 is 2.67 bits per heavy atom. The normalized spacial score (nSPS) is 12.8. The van der Waals surface area contributed by atoms with Gasteiger partial charge in [-0.05, 0) is 6.92 Å². The van der Waals surface area contributed by atoms with Crippen molar-refractivity contribution < 1.29 is 14.6 Å². The first kappa shape index (κ1) is 9.15. The van der Waals surface area contributed by atoms with Crippen molar-refractivity contribution in [1.29, 1.82) is 0 Å². The molecule has 1 aromatic heterocycles. The maximum Gasteiger partial charge on any atom is 0.340 e. The van der Waals surface area contributed by atoms with E-state index in [0.29, 0.717) is 11.6 Å². The number of carbonyl (C=O) groups is 1. The van der Waals surface area contributed by atoms with E-state index in [1.54, 1.807) is 18.5 Å². The van der Waals surface area contributed by atoms with E-state index in [1.165, 1.54) is 11.3 Å². The molecule has 1 heterocycles. The molecule has 0 radical (unpaired) electrons. The van der Waals surface area contributed by atoms with Crippen LogP contribution in [0.5, 0.6) is 0 Å². The molecule has 0 spiro atoms. The molecule has 5 heteroatoms. The first-order valence-electron chi connectivity index (χ1n) is 3.49. The van der Waals surface area contributed by atoms with Crippen LogP contribution in [-0.4, -0.2) is 22.7 Å². The number of carboxylic acid groups (broad SMARTS) is 1. The van der Waals surface area contributed by atoms with Crippen LogP contribution in [0, 0.1) is 0 Å². The van der Waals surface area contributed by atoms with Gasteiger partial charge in [0.05, 0.1) is 0 Å². The maximum atomic E-state index is 10.6. The van der Waals surface area contributed by atoms with Gasteiger partial charge in [0.25, 0.3) is 0 Å². The molecule has 0 aliphatic carbocycles. The summed E-state index contributed by atoms with van der Waals surface area (Å²) in [5.74, 6) is -0.994. The van der Waals surface area contributed by atoms with Crippen LogP contribution in [0.25, 0.3) is 0 Å².